The SMILES string of the molecule is COC(=O)C1=C(CN2CCOC[C@H]2C(=O)NCCCCCCOc2cc(N3CCc4nc(-c5ncccn5)ncc4C3C)cc(F)c2F)NC(c2nccs2)=N[C@H]1c1ccc(F)cc1Cl. The summed E-state index contributed by atoms with van der Waals surface area (Å²) < 4.78 is 60.7. The van der Waals surface area contributed by atoms with Crippen molar-refractivity contribution < 1.29 is 37.0 Å². The molecule has 0 aliphatic carbocycles. The van der Waals surface area contributed by atoms with Crippen molar-refractivity contribution in [2.45, 2.75) is 57.2 Å². The van der Waals surface area contributed by atoms with E-state index in [9.17, 15) is 22.8 Å². The summed E-state index contributed by atoms with van der Waals surface area (Å²) >= 11 is 7.86. The number of ether oxygens (including phenoxy) is 3. The second-order valence-corrected chi connectivity index (χ2v) is 16.8. The van der Waals surface area contributed by atoms with Gasteiger partial charge in [-0.1, -0.05) is 30.5 Å². The molecule has 8 rings (SSSR count). The molecule has 6 heterocycles. The van der Waals surface area contributed by atoms with Crippen molar-refractivity contribution in [2.75, 3.05) is 58.0 Å². The highest BCUT2D eigenvalue weighted by Gasteiger charge is 2.37. The lowest BCUT2D eigenvalue weighted by Gasteiger charge is -2.37. The fraction of sp³-hybridized carbons (Fsp3) is 0.378. The minimum Gasteiger partial charge on any atom is -0.490 e. The number of amides is 1. The Balaban J connectivity index is 0.836. The van der Waals surface area contributed by atoms with E-state index in [1.54, 1.807) is 36.2 Å². The van der Waals surface area contributed by atoms with E-state index >= 15 is 0 Å². The quantitative estimate of drug-likeness (QED) is 0.0807. The van der Waals surface area contributed by atoms with Crippen LogP contribution in [0.4, 0.5) is 18.9 Å². The van der Waals surface area contributed by atoms with Gasteiger partial charge in [-0.3, -0.25) is 14.7 Å². The number of carbonyl (C=O) groups excluding carboxylic acids is 2. The lowest BCUT2D eigenvalue weighted by molar-refractivity contribution is -0.136. The third-order valence-electron chi connectivity index (χ3n) is 11.4. The van der Waals surface area contributed by atoms with Gasteiger partial charge in [0.05, 0.1) is 44.2 Å². The maximum atomic E-state index is 15.0. The average molecular weight is 931 g/mol. The van der Waals surface area contributed by atoms with Crippen LogP contribution in [0.2, 0.25) is 5.02 Å². The number of anilines is 1. The highest BCUT2D eigenvalue weighted by molar-refractivity contribution is 7.11. The molecule has 0 bridgehead atoms. The minimum atomic E-state index is -1.04. The fourth-order valence-corrected chi connectivity index (χ4v) is 8.95. The number of nitrogens with zero attached hydrogens (tertiary/aromatic N) is 8. The summed E-state index contributed by atoms with van der Waals surface area (Å²) in [6.45, 7) is 4.09. The van der Waals surface area contributed by atoms with Crippen LogP contribution in [0, 0.1) is 17.5 Å². The van der Waals surface area contributed by atoms with Gasteiger partial charge in [0.2, 0.25) is 11.7 Å². The number of methoxy groups -OCH3 is 1. The van der Waals surface area contributed by atoms with Crippen LogP contribution in [0.3, 0.4) is 0 Å². The van der Waals surface area contributed by atoms with E-state index in [1.165, 1.54) is 42.7 Å². The molecule has 0 spiro atoms. The number of aliphatic imine (C=N–C) groups is 1. The van der Waals surface area contributed by atoms with Crippen molar-refractivity contribution in [3.8, 4) is 17.4 Å². The van der Waals surface area contributed by atoms with Gasteiger partial charge in [0.1, 0.15) is 17.9 Å². The van der Waals surface area contributed by atoms with Gasteiger partial charge in [0, 0.05) is 102 Å². The Morgan fingerprint density at radius 3 is 2.62 bits per heavy atom. The van der Waals surface area contributed by atoms with Crippen LogP contribution in [-0.4, -0.2) is 107 Å². The third kappa shape index (κ3) is 10.4. The van der Waals surface area contributed by atoms with Crippen molar-refractivity contribution in [3.05, 3.63) is 122 Å². The zero-order valence-electron chi connectivity index (χ0n) is 35.6. The summed E-state index contributed by atoms with van der Waals surface area (Å²) in [5.41, 5.74) is 3.25. The molecule has 340 valence electrons. The number of hydrogen-bond donors (Lipinski definition) is 2. The molecule has 3 atom stereocenters. The molecule has 0 radical (unpaired) electrons. The van der Waals surface area contributed by atoms with Gasteiger partial charge < -0.3 is 29.7 Å². The summed E-state index contributed by atoms with van der Waals surface area (Å²) in [4.78, 5) is 57.8. The zero-order valence-corrected chi connectivity index (χ0v) is 37.2. The normalized spacial score (nSPS) is 18.7. The van der Waals surface area contributed by atoms with Crippen LogP contribution in [0.5, 0.6) is 5.75 Å². The van der Waals surface area contributed by atoms with Gasteiger partial charge in [0.15, 0.2) is 34.1 Å². The number of thiazole rings is 1. The van der Waals surface area contributed by atoms with Crippen molar-refractivity contribution >= 4 is 46.3 Å². The van der Waals surface area contributed by atoms with Crippen LogP contribution < -0.4 is 20.3 Å². The topological polar surface area (TPSA) is 169 Å². The van der Waals surface area contributed by atoms with Gasteiger partial charge in [-0.15, -0.1) is 11.3 Å². The molecule has 20 heteroatoms. The molecule has 3 aliphatic rings. The Bertz CT molecular complexity index is 2570. The third-order valence-corrected chi connectivity index (χ3v) is 12.5. The number of unbranched alkanes of at least 4 members (excludes halogenated alkanes) is 3. The van der Waals surface area contributed by atoms with Crippen molar-refractivity contribution in [2.24, 2.45) is 4.99 Å². The largest absolute Gasteiger partial charge is 0.490 e. The molecule has 2 N–H and O–H groups in total. The zero-order chi connectivity index (χ0) is 45.5. The summed E-state index contributed by atoms with van der Waals surface area (Å²) in [7, 11) is 1.26. The lowest BCUT2D eigenvalue weighted by atomic mass is 9.95. The van der Waals surface area contributed by atoms with Gasteiger partial charge >= 0.3 is 5.97 Å². The second-order valence-electron chi connectivity index (χ2n) is 15.5. The molecule has 3 aliphatic heterocycles. The number of halogens is 4. The standard InChI is InChI=1S/C45H46ClF3N10O5S/c1-26-30-23-54-41(40-50-12-7-13-51-40)55-33(30)10-15-59(26)28-21-32(48)38(49)36(22-28)64-17-6-4-3-5-11-52-43(60)35-25-63-18-16-58(35)24-34-37(45(61)62-2)39(29-9-8-27(47)20-31(29)46)57-42(56-34)44-53-14-19-65-44/h7-9,12-14,19-23,26,35,39H,3-6,10-11,15-18,24-25H2,1-2H3,(H,52,60)(H,56,57)/t26?,35-,39-/m0/s1. The van der Waals surface area contributed by atoms with Crippen LogP contribution in [0.25, 0.3) is 11.6 Å². The van der Waals surface area contributed by atoms with Gasteiger partial charge in [-0.2, -0.15) is 4.39 Å². The monoisotopic (exact) mass is 930 g/mol. The number of amidine groups is 1. The van der Waals surface area contributed by atoms with Crippen molar-refractivity contribution in [3.63, 3.8) is 0 Å². The van der Waals surface area contributed by atoms with Crippen molar-refractivity contribution in [1.82, 2.24) is 40.5 Å². The molecule has 1 amide bonds. The second kappa shape index (κ2) is 20.9. The first-order chi connectivity index (χ1) is 31.6. The molecule has 15 nitrogen and oxygen atoms in total. The molecular weight excluding hydrogens is 885 g/mol. The molecule has 0 saturated carbocycles. The Morgan fingerprint density at radius 2 is 1.83 bits per heavy atom. The fourth-order valence-electron chi connectivity index (χ4n) is 8.09. The first-order valence-electron chi connectivity index (χ1n) is 21.2. The molecule has 1 unspecified atom stereocenters. The van der Waals surface area contributed by atoms with E-state index in [-0.39, 0.29) is 48.1 Å². The Morgan fingerprint density at radius 1 is 1.00 bits per heavy atom. The van der Waals surface area contributed by atoms with Gasteiger partial charge in [-0.05, 0) is 38.0 Å². The number of morpholine rings is 1. The Hall–Kier alpha value is -6.02. The molecule has 65 heavy (non-hydrogen) atoms. The number of nitrogens with one attached hydrogen (secondary N) is 2. The molecule has 1 saturated heterocycles. The number of benzene rings is 2. The summed E-state index contributed by atoms with van der Waals surface area (Å²) in [6, 6.07) is 6.51. The maximum absolute atomic E-state index is 15.0. The van der Waals surface area contributed by atoms with Crippen LogP contribution in [0.1, 0.15) is 66.5 Å². The molecule has 3 aromatic heterocycles. The van der Waals surface area contributed by atoms with Gasteiger partial charge in [0.25, 0.3) is 0 Å². The van der Waals surface area contributed by atoms with E-state index in [1.807, 2.05) is 16.7 Å². The number of fused-ring (bicyclic) bond motifs is 1. The molecule has 5 aromatic rings. The van der Waals surface area contributed by atoms with E-state index < -0.39 is 35.5 Å². The summed E-state index contributed by atoms with van der Waals surface area (Å²) in [5, 5.41) is 8.73. The first kappa shape index (κ1) is 45.5. The minimum absolute atomic E-state index is 0.0900. The van der Waals surface area contributed by atoms with Gasteiger partial charge in [-0.25, -0.2) is 38.5 Å². The van der Waals surface area contributed by atoms with Crippen LogP contribution in [0.15, 0.2) is 82.8 Å². The predicted octanol–water partition coefficient (Wildman–Crippen LogP) is 6.56. The summed E-state index contributed by atoms with van der Waals surface area (Å²) in [6.07, 6.45) is 9.94. The maximum Gasteiger partial charge on any atom is 0.338 e. The average Bonchev–Trinajstić information content (AvgIpc) is 3.87. The summed E-state index contributed by atoms with van der Waals surface area (Å²) in [5.74, 6) is -2.36. The Labute approximate surface area is 382 Å². The smallest absolute Gasteiger partial charge is 0.338 e. The van der Waals surface area contributed by atoms with E-state index in [0.29, 0.717) is 84.9 Å². The van der Waals surface area contributed by atoms with Crippen LogP contribution in [-0.2, 0) is 25.5 Å². The number of aromatic nitrogens is 5. The number of esters is 1. The molecule has 1 fully saturated rings. The van der Waals surface area contributed by atoms with Crippen molar-refractivity contribution in [1.29, 1.82) is 0 Å². The first-order valence-corrected chi connectivity index (χ1v) is 22.5. The molecule has 2 aromatic carbocycles. The van der Waals surface area contributed by atoms with E-state index in [2.05, 4.69) is 30.6 Å². The van der Waals surface area contributed by atoms with E-state index in [4.69, 9.17) is 35.8 Å². The van der Waals surface area contributed by atoms with Crippen LogP contribution >= 0.6 is 22.9 Å². The number of carbonyl (C=O) groups is 2. The predicted molar refractivity (Wildman–Crippen MR) is 237 cm³/mol. The highest BCUT2D eigenvalue weighted by atomic mass is 35.5. The molecular formula is C45H46ClF3N10O5S. The number of hydrogen-bond acceptors (Lipinski definition) is 15. The lowest BCUT2D eigenvalue weighted by Crippen LogP contribution is -2.55. The highest BCUT2D eigenvalue weighted by Crippen LogP contribution is 2.38. The van der Waals surface area contributed by atoms with E-state index in [0.717, 1.165) is 30.2 Å². The number of rotatable bonds is 16. The Kier molecular flexibility index (Phi) is 14.6.